The second-order valence-electron chi connectivity index (χ2n) is 9.47. The molecule has 0 radical (unpaired) electrons. The first-order chi connectivity index (χ1) is 18.1. The highest BCUT2D eigenvalue weighted by Crippen LogP contribution is 2.30. The van der Waals surface area contributed by atoms with Crippen molar-refractivity contribution in [3.8, 4) is 5.75 Å². The molecule has 1 rings (SSSR count). The Hall–Kier alpha value is -1.26. The number of hydrogen-bond donors (Lipinski definition) is 1. The van der Waals surface area contributed by atoms with Crippen LogP contribution in [0.4, 0.5) is 0 Å². The smallest absolute Gasteiger partial charge is 0.119 e. The molecule has 216 valence electrons. The summed E-state index contributed by atoms with van der Waals surface area (Å²) in [5.41, 5.74) is 1.56. The van der Waals surface area contributed by atoms with E-state index in [1.54, 1.807) is 0 Å². The fourth-order valence-corrected chi connectivity index (χ4v) is 3.63. The monoisotopic (exact) mass is 528 g/mol. The number of benzene rings is 1. The maximum Gasteiger partial charge on any atom is 0.119 e. The van der Waals surface area contributed by atoms with Crippen molar-refractivity contribution < 1.29 is 38.3 Å². The van der Waals surface area contributed by atoms with Gasteiger partial charge in [0.2, 0.25) is 0 Å². The third-order valence-corrected chi connectivity index (χ3v) is 5.88. The highest BCUT2D eigenvalue weighted by Gasteiger charge is 2.19. The third-order valence-electron chi connectivity index (χ3n) is 5.88. The van der Waals surface area contributed by atoms with Gasteiger partial charge in [0.25, 0.3) is 0 Å². The number of aliphatic hydroxyl groups is 1. The van der Waals surface area contributed by atoms with E-state index in [4.69, 9.17) is 38.3 Å². The van der Waals surface area contributed by atoms with Crippen molar-refractivity contribution >= 4 is 0 Å². The summed E-state index contributed by atoms with van der Waals surface area (Å²) in [7, 11) is 0. The van der Waals surface area contributed by atoms with Crippen LogP contribution in [0.3, 0.4) is 0 Å². The molecule has 0 aliphatic carbocycles. The molecule has 0 fully saturated rings. The van der Waals surface area contributed by atoms with Gasteiger partial charge >= 0.3 is 0 Å². The molecule has 8 heteroatoms. The minimum Gasteiger partial charge on any atom is -0.491 e. The molecule has 0 aliphatic rings. The van der Waals surface area contributed by atoms with Crippen molar-refractivity contribution in [2.24, 2.45) is 0 Å². The molecule has 0 aromatic heterocycles. The van der Waals surface area contributed by atoms with Crippen LogP contribution in [0.5, 0.6) is 5.75 Å². The Morgan fingerprint density at radius 3 is 1.43 bits per heavy atom. The first-order valence-corrected chi connectivity index (χ1v) is 13.9. The average molecular weight is 529 g/mol. The lowest BCUT2D eigenvalue weighted by molar-refractivity contribution is -0.0191. The summed E-state index contributed by atoms with van der Waals surface area (Å²) in [4.78, 5) is 0. The molecule has 0 atom stereocenters. The van der Waals surface area contributed by atoms with Gasteiger partial charge in [-0.25, -0.2) is 0 Å². The van der Waals surface area contributed by atoms with Crippen LogP contribution >= 0.6 is 0 Å². The summed E-state index contributed by atoms with van der Waals surface area (Å²) < 4.78 is 38.2. The van der Waals surface area contributed by atoms with Gasteiger partial charge in [-0.3, -0.25) is 0 Å². The first kappa shape index (κ1) is 33.8. The normalized spacial score (nSPS) is 11.8. The molecule has 1 aromatic carbocycles. The molecule has 0 spiro atoms. The summed E-state index contributed by atoms with van der Waals surface area (Å²) in [5, 5.41) is 8.57. The summed E-state index contributed by atoms with van der Waals surface area (Å²) in [5.74, 6) is 0.878. The molecule has 0 amide bonds. The molecular formula is C29H52O8. The fourth-order valence-electron chi connectivity index (χ4n) is 3.63. The van der Waals surface area contributed by atoms with Crippen LogP contribution in [0.1, 0.15) is 58.4 Å². The second kappa shape index (κ2) is 23.8. The Balaban J connectivity index is 1.88. The molecule has 0 bridgehead atoms. The van der Waals surface area contributed by atoms with Crippen molar-refractivity contribution in [3.05, 3.63) is 29.8 Å². The van der Waals surface area contributed by atoms with Crippen molar-refractivity contribution in [1.82, 2.24) is 0 Å². The van der Waals surface area contributed by atoms with Crippen LogP contribution in [-0.4, -0.2) is 97.6 Å². The molecule has 1 N–H and O–H groups in total. The van der Waals surface area contributed by atoms with Gasteiger partial charge in [-0.2, -0.15) is 0 Å². The van der Waals surface area contributed by atoms with Gasteiger partial charge < -0.3 is 38.3 Å². The molecule has 0 unspecified atom stereocenters. The van der Waals surface area contributed by atoms with Crippen LogP contribution < -0.4 is 4.74 Å². The topological polar surface area (TPSA) is 84.8 Å². The van der Waals surface area contributed by atoms with Gasteiger partial charge in [0.15, 0.2) is 0 Å². The summed E-state index contributed by atoms with van der Waals surface area (Å²) in [6, 6.07) is 8.49. The van der Waals surface area contributed by atoms with Crippen molar-refractivity contribution in [2.75, 3.05) is 92.5 Å². The molecule has 0 aliphatic heterocycles. The van der Waals surface area contributed by atoms with Crippen LogP contribution in [0.2, 0.25) is 0 Å². The van der Waals surface area contributed by atoms with Crippen LogP contribution in [0.15, 0.2) is 24.3 Å². The molecule has 8 nitrogen and oxygen atoms in total. The Morgan fingerprint density at radius 2 is 1.00 bits per heavy atom. The molecule has 37 heavy (non-hydrogen) atoms. The van der Waals surface area contributed by atoms with E-state index in [2.05, 4.69) is 45.0 Å². The largest absolute Gasteiger partial charge is 0.491 e. The minimum atomic E-state index is 0.0333. The quantitative estimate of drug-likeness (QED) is 0.168. The molecule has 0 heterocycles. The fraction of sp³-hybridized carbons (Fsp3) is 0.793. The Bertz CT molecular complexity index is 608. The zero-order chi connectivity index (χ0) is 26.9. The highest BCUT2D eigenvalue weighted by molar-refractivity contribution is 5.31. The van der Waals surface area contributed by atoms with E-state index in [9.17, 15) is 0 Å². The maximum absolute atomic E-state index is 8.57. The Kier molecular flexibility index (Phi) is 21.7. The van der Waals surface area contributed by atoms with E-state index in [1.807, 2.05) is 0 Å². The molecule has 1 aromatic rings. The van der Waals surface area contributed by atoms with Gasteiger partial charge in [-0.15, -0.1) is 0 Å². The van der Waals surface area contributed by atoms with Gasteiger partial charge in [-0.1, -0.05) is 58.6 Å². The summed E-state index contributed by atoms with van der Waals surface area (Å²) >= 11 is 0. The van der Waals surface area contributed by atoms with E-state index in [-0.39, 0.29) is 12.0 Å². The molecule has 0 saturated carbocycles. The zero-order valence-electron chi connectivity index (χ0n) is 23.5. The molecular weight excluding hydrogens is 476 g/mol. The minimum absolute atomic E-state index is 0.0333. The average Bonchev–Trinajstić information content (AvgIpc) is 2.90. The Labute approximate surface area is 224 Å². The van der Waals surface area contributed by atoms with Crippen molar-refractivity contribution in [1.29, 1.82) is 0 Å². The lowest BCUT2D eigenvalue weighted by Gasteiger charge is -2.25. The van der Waals surface area contributed by atoms with Gasteiger partial charge in [-0.05, 0) is 29.5 Å². The van der Waals surface area contributed by atoms with Crippen LogP contribution in [0.25, 0.3) is 0 Å². The lowest BCUT2D eigenvalue weighted by Crippen LogP contribution is -2.17. The van der Waals surface area contributed by atoms with E-state index in [0.29, 0.717) is 85.9 Å². The summed E-state index contributed by atoms with van der Waals surface area (Å²) in [6.45, 7) is 13.5. The number of rotatable bonds is 27. The summed E-state index contributed by atoms with van der Waals surface area (Å²) in [6.07, 6.45) is 6.41. The highest BCUT2D eigenvalue weighted by atomic mass is 16.6. The molecule has 0 saturated heterocycles. The van der Waals surface area contributed by atoms with E-state index in [0.717, 1.165) is 5.75 Å². The van der Waals surface area contributed by atoms with Gasteiger partial charge in [0, 0.05) is 0 Å². The van der Waals surface area contributed by atoms with E-state index < -0.39 is 0 Å². The number of ether oxygens (including phenoxy) is 7. The van der Waals surface area contributed by atoms with Gasteiger partial charge in [0.1, 0.15) is 12.4 Å². The SMILES string of the molecule is CCCCCCC(C)(C)c1ccc(OCCOCCOCCOCCOCCOCCOCCO)cc1. The van der Waals surface area contributed by atoms with Crippen LogP contribution in [-0.2, 0) is 33.8 Å². The predicted octanol–water partition coefficient (Wildman–Crippen LogP) is 4.41. The van der Waals surface area contributed by atoms with Crippen molar-refractivity contribution in [2.45, 2.75) is 58.3 Å². The van der Waals surface area contributed by atoms with Gasteiger partial charge in [0.05, 0.1) is 85.9 Å². The first-order valence-electron chi connectivity index (χ1n) is 13.9. The number of aliphatic hydroxyl groups excluding tert-OH is 1. The predicted molar refractivity (Wildman–Crippen MR) is 146 cm³/mol. The van der Waals surface area contributed by atoms with Crippen LogP contribution in [0, 0.1) is 0 Å². The number of hydrogen-bond acceptors (Lipinski definition) is 8. The van der Waals surface area contributed by atoms with E-state index in [1.165, 1.54) is 37.7 Å². The lowest BCUT2D eigenvalue weighted by atomic mass is 9.80. The third kappa shape index (κ3) is 19.5. The number of unbranched alkanes of at least 4 members (excludes halogenated alkanes) is 3. The van der Waals surface area contributed by atoms with Crippen molar-refractivity contribution in [3.63, 3.8) is 0 Å². The second-order valence-corrected chi connectivity index (χ2v) is 9.47. The Morgan fingerprint density at radius 1 is 0.568 bits per heavy atom. The standard InChI is InChI=1S/C29H52O8/c1-4-5-6-7-12-29(2,3)27-8-10-28(11-9-27)37-26-25-36-24-23-35-22-21-34-20-19-33-18-17-32-16-15-31-14-13-30/h8-11,30H,4-7,12-26H2,1-3H3. The zero-order valence-corrected chi connectivity index (χ0v) is 23.5. The maximum atomic E-state index is 8.57. The van der Waals surface area contributed by atoms with E-state index >= 15 is 0 Å².